The lowest BCUT2D eigenvalue weighted by molar-refractivity contribution is -0.118. The van der Waals surface area contributed by atoms with Gasteiger partial charge in [-0.3, -0.25) is 9.59 Å². The highest BCUT2D eigenvalue weighted by Gasteiger charge is 2.24. The Balaban J connectivity index is 1.84. The van der Waals surface area contributed by atoms with Crippen LogP contribution >= 0.6 is 11.3 Å². The van der Waals surface area contributed by atoms with Crippen molar-refractivity contribution in [3.8, 4) is 0 Å². The minimum atomic E-state index is -0.768. The van der Waals surface area contributed by atoms with Gasteiger partial charge in [-0.1, -0.05) is 54.6 Å². The van der Waals surface area contributed by atoms with Gasteiger partial charge in [0.05, 0.1) is 4.88 Å². The third-order valence-corrected chi connectivity index (χ3v) is 4.69. The van der Waals surface area contributed by atoms with E-state index < -0.39 is 6.04 Å². The van der Waals surface area contributed by atoms with Crippen molar-refractivity contribution in [1.82, 2.24) is 5.32 Å². The second kappa shape index (κ2) is 7.77. The Labute approximate surface area is 150 Å². The normalized spacial score (nSPS) is 11.6. The number of para-hydroxylation sites is 1. The molecule has 0 saturated heterocycles. The first-order chi connectivity index (χ1) is 12.1. The molecule has 0 radical (unpaired) electrons. The van der Waals surface area contributed by atoms with Crippen LogP contribution in [0.2, 0.25) is 0 Å². The van der Waals surface area contributed by atoms with E-state index in [9.17, 15) is 9.59 Å². The summed E-state index contributed by atoms with van der Waals surface area (Å²) >= 11 is 1.34. The number of rotatable bonds is 5. The summed E-state index contributed by atoms with van der Waals surface area (Å²) < 4.78 is 0. The standard InChI is InChI=1S/C20H18N2O2S/c1-14-8-5-6-11-16(14)21-20(24)18(15-9-3-2-4-10-15)22-19(23)17-12-7-13-25-17/h2-13,18H,1H3,(H,21,24)(H,22,23). The Morgan fingerprint density at radius 1 is 0.920 bits per heavy atom. The van der Waals surface area contributed by atoms with E-state index in [0.29, 0.717) is 4.88 Å². The summed E-state index contributed by atoms with van der Waals surface area (Å²) in [5.74, 6) is -0.533. The number of hydrogen-bond donors (Lipinski definition) is 2. The minimum Gasteiger partial charge on any atom is -0.336 e. The lowest BCUT2D eigenvalue weighted by Crippen LogP contribution is -2.36. The summed E-state index contributed by atoms with van der Waals surface area (Å²) in [4.78, 5) is 25.9. The fourth-order valence-electron chi connectivity index (χ4n) is 2.47. The summed E-state index contributed by atoms with van der Waals surface area (Å²) in [5.41, 5.74) is 2.43. The average Bonchev–Trinajstić information content (AvgIpc) is 3.17. The number of carbonyl (C=O) groups excluding carboxylic acids is 2. The first kappa shape index (κ1) is 16.9. The Morgan fingerprint density at radius 3 is 2.32 bits per heavy atom. The van der Waals surface area contributed by atoms with Gasteiger partial charge in [-0.25, -0.2) is 0 Å². The molecular formula is C20H18N2O2S. The molecule has 0 spiro atoms. The minimum absolute atomic E-state index is 0.260. The van der Waals surface area contributed by atoms with Crippen molar-refractivity contribution in [3.05, 3.63) is 88.1 Å². The van der Waals surface area contributed by atoms with E-state index in [0.717, 1.165) is 16.8 Å². The van der Waals surface area contributed by atoms with Gasteiger partial charge in [0.15, 0.2) is 0 Å². The van der Waals surface area contributed by atoms with E-state index in [2.05, 4.69) is 10.6 Å². The van der Waals surface area contributed by atoms with Gasteiger partial charge in [-0.15, -0.1) is 11.3 Å². The average molecular weight is 350 g/mol. The van der Waals surface area contributed by atoms with Crippen LogP contribution in [0.3, 0.4) is 0 Å². The Bertz CT molecular complexity index is 860. The van der Waals surface area contributed by atoms with E-state index in [1.54, 1.807) is 6.07 Å². The van der Waals surface area contributed by atoms with E-state index in [1.165, 1.54) is 11.3 Å². The molecule has 3 aromatic rings. The van der Waals surface area contributed by atoms with Crippen LogP contribution in [0.4, 0.5) is 5.69 Å². The number of amides is 2. The molecule has 1 atom stereocenters. The molecule has 1 aromatic heterocycles. The van der Waals surface area contributed by atoms with E-state index >= 15 is 0 Å². The molecule has 2 amide bonds. The van der Waals surface area contributed by atoms with Gasteiger partial charge in [0.2, 0.25) is 0 Å². The van der Waals surface area contributed by atoms with Crippen molar-refractivity contribution in [2.45, 2.75) is 13.0 Å². The molecule has 2 aromatic carbocycles. The number of benzene rings is 2. The van der Waals surface area contributed by atoms with Gasteiger partial charge < -0.3 is 10.6 Å². The highest BCUT2D eigenvalue weighted by Crippen LogP contribution is 2.20. The van der Waals surface area contributed by atoms with Crippen molar-refractivity contribution in [2.75, 3.05) is 5.32 Å². The van der Waals surface area contributed by atoms with Crippen LogP contribution in [0.1, 0.15) is 26.8 Å². The SMILES string of the molecule is Cc1ccccc1NC(=O)C(NC(=O)c1cccs1)c1ccccc1. The number of aryl methyl sites for hydroxylation is 1. The molecule has 0 fully saturated rings. The van der Waals surface area contributed by atoms with E-state index in [1.807, 2.05) is 73.0 Å². The van der Waals surface area contributed by atoms with Crippen LogP contribution in [0.25, 0.3) is 0 Å². The molecule has 126 valence electrons. The largest absolute Gasteiger partial charge is 0.336 e. The zero-order valence-electron chi connectivity index (χ0n) is 13.7. The van der Waals surface area contributed by atoms with Crippen LogP contribution in [0.15, 0.2) is 72.1 Å². The second-order valence-electron chi connectivity index (χ2n) is 5.60. The van der Waals surface area contributed by atoms with Gasteiger partial charge in [-0.2, -0.15) is 0 Å². The van der Waals surface area contributed by atoms with Crippen molar-refractivity contribution in [1.29, 1.82) is 0 Å². The predicted octanol–water partition coefficient (Wildman–Crippen LogP) is 4.17. The fraction of sp³-hybridized carbons (Fsp3) is 0.100. The Hall–Kier alpha value is -2.92. The van der Waals surface area contributed by atoms with Crippen LogP contribution in [-0.2, 0) is 4.79 Å². The van der Waals surface area contributed by atoms with Gasteiger partial charge >= 0.3 is 0 Å². The molecule has 0 aliphatic rings. The van der Waals surface area contributed by atoms with E-state index in [-0.39, 0.29) is 11.8 Å². The summed E-state index contributed by atoms with van der Waals surface area (Å²) in [7, 11) is 0. The highest BCUT2D eigenvalue weighted by molar-refractivity contribution is 7.12. The number of hydrogen-bond acceptors (Lipinski definition) is 3. The molecule has 1 unspecified atom stereocenters. The summed E-state index contributed by atoms with van der Waals surface area (Å²) in [6.45, 7) is 1.93. The molecule has 4 nitrogen and oxygen atoms in total. The number of thiophene rings is 1. The summed E-state index contributed by atoms with van der Waals surface area (Å²) in [6, 6.07) is 19.6. The highest BCUT2D eigenvalue weighted by atomic mass is 32.1. The number of anilines is 1. The summed E-state index contributed by atoms with van der Waals surface area (Å²) in [6.07, 6.45) is 0. The van der Waals surface area contributed by atoms with Gasteiger partial charge in [0, 0.05) is 5.69 Å². The van der Waals surface area contributed by atoms with Crippen molar-refractivity contribution < 1.29 is 9.59 Å². The monoisotopic (exact) mass is 350 g/mol. The third kappa shape index (κ3) is 4.14. The first-order valence-corrected chi connectivity index (χ1v) is 8.79. The van der Waals surface area contributed by atoms with Crippen LogP contribution < -0.4 is 10.6 Å². The van der Waals surface area contributed by atoms with Crippen LogP contribution in [-0.4, -0.2) is 11.8 Å². The third-order valence-electron chi connectivity index (χ3n) is 3.82. The quantitative estimate of drug-likeness (QED) is 0.726. The van der Waals surface area contributed by atoms with E-state index in [4.69, 9.17) is 0 Å². The predicted molar refractivity (Wildman–Crippen MR) is 101 cm³/mol. The van der Waals surface area contributed by atoms with Crippen molar-refractivity contribution in [2.24, 2.45) is 0 Å². The molecule has 3 rings (SSSR count). The van der Waals surface area contributed by atoms with Crippen molar-refractivity contribution >= 4 is 28.8 Å². The van der Waals surface area contributed by atoms with Crippen LogP contribution in [0.5, 0.6) is 0 Å². The first-order valence-electron chi connectivity index (χ1n) is 7.91. The molecule has 5 heteroatoms. The maximum absolute atomic E-state index is 12.8. The molecule has 25 heavy (non-hydrogen) atoms. The van der Waals surface area contributed by atoms with Gasteiger partial charge in [0.25, 0.3) is 11.8 Å². The number of nitrogens with one attached hydrogen (secondary N) is 2. The molecule has 1 heterocycles. The Morgan fingerprint density at radius 2 is 1.64 bits per heavy atom. The lowest BCUT2D eigenvalue weighted by Gasteiger charge is -2.19. The summed E-state index contributed by atoms with van der Waals surface area (Å²) in [5, 5.41) is 7.58. The van der Waals surface area contributed by atoms with Crippen molar-refractivity contribution in [3.63, 3.8) is 0 Å². The van der Waals surface area contributed by atoms with Gasteiger partial charge in [0.1, 0.15) is 6.04 Å². The van der Waals surface area contributed by atoms with Crippen LogP contribution in [0, 0.1) is 6.92 Å². The zero-order valence-corrected chi connectivity index (χ0v) is 14.5. The smallest absolute Gasteiger partial charge is 0.262 e. The molecule has 0 aliphatic carbocycles. The molecular weight excluding hydrogens is 332 g/mol. The zero-order chi connectivity index (χ0) is 17.6. The maximum atomic E-state index is 12.8. The molecule has 0 bridgehead atoms. The number of carbonyl (C=O) groups is 2. The van der Waals surface area contributed by atoms with Gasteiger partial charge in [-0.05, 0) is 35.6 Å². The molecule has 0 saturated carbocycles. The second-order valence-corrected chi connectivity index (χ2v) is 6.55. The topological polar surface area (TPSA) is 58.2 Å². The molecule has 2 N–H and O–H groups in total. The fourth-order valence-corrected chi connectivity index (χ4v) is 3.10. The molecule has 0 aliphatic heterocycles. The Kier molecular flexibility index (Phi) is 5.26. The maximum Gasteiger partial charge on any atom is 0.262 e. The lowest BCUT2D eigenvalue weighted by atomic mass is 10.1.